The van der Waals surface area contributed by atoms with Crippen molar-refractivity contribution in [2.75, 3.05) is 21.7 Å². The molecule has 0 aliphatic rings. The van der Waals surface area contributed by atoms with E-state index in [0.717, 1.165) is 24.2 Å². The van der Waals surface area contributed by atoms with Crippen LogP contribution in [-0.2, 0) is 42.6 Å². The lowest BCUT2D eigenvalue weighted by atomic mass is 10.0. The number of phenolic OH excluding ortho intramolecular Hbond substituents is 1. The average Bonchev–Trinajstić information content (AvgIpc) is 3.24. The van der Waals surface area contributed by atoms with Crippen molar-refractivity contribution in [2.24, 2.45) is 10.2 Å². The normalized spacial score (nSPS) is 11.5. The van der Waals surface area contributed by atoms with Gasteiger partial charge in [0.2, 0.25) is 5.91 Å². The molecule has 0 saturated heterocycles. The van der Waals surface area contributed by atoms with Gasteiger partial charge in [-0.05, 0) is 94.6 Å². The minimum Gasteiger partial charge on any atom is -0.505 e. The Labute approximate surface area is 372 Å². The number of carbonyl (C=O) groups is 3. The summed E-state index contributed by atoms with van der Waals surface area (Å²) in [6.45, 7) is 3.02. The molecule has 0 aliphatic carbocycles. The monoisotopic (exact) mass is 956 g/mol. The van der Waals surface area contributed by atoms with Gasteiger partial charge in [0.15, 0.2) is 5.75 Å². The van der Waals surface area contributed by atoms with Gasteiger partial charge in [-0.15, -0.1) is 23.9 Å². The maximum Gasteiger partial charge on any atom is 0.444 e. The van der Waals surface area contributed by atoms with E-state index in [4.69, 9.17) is 14.7 Å². The Balaban J connectivity index is 1.37. The van der Waals surface area contributed by atoms with Crippen LogP contribution in [0.15, 0.2) is 110 Å². The van der Waals surface area contributed by atoms with Crippen LogP contribution in [0.5, 0.6) is 5.75 Å². The third kappa shape index (κ3) is 12.3. The summed E-state index contributed by atoms with van der Waals surface area (Å²) in [4.78, 5) is 48.7. The number of azo groups is 1. The van der Waals surface area contributed by atoms with Gasteiger partial charge in [-0.2, -0.15) is 8.42 Å². The van der Waals surface area contributed by atoms with E-state index in [2.05, 4.69) is 59.9 Å². The zero-order valence-corrected chi connectivity index (χ0v) is 35.7. The Hall–Kier alpha value is -6.57. The Kier molecular flexibility index (Phi) is 15.5. The minimum absolute atomic E-state index is 0.0137. The van der Waals surface area contributed by atoms with Gasteiger partial charge < -0.3 is 30.3 Å². The number of phenols is 1. The van der Waals surface area contributed by atoms with E-state index in [-0.39, 0.29) is 56.5 Å². The number of pyridine rings is 1. The van der Waals surface area contributed by atoms with Crippen LogP contribution >= 0.6 is 36.1 Å². The molecule has 6 rings (SSSR count). The molecule has 1 amide bonds. The fourth-order valence-corrected chi connectivity index (χ4v) is 7.43. The van der Waals surface area contributed by atoms with Crippen LogP contribution in [0.3, 0.4) is 0 Å². The molecule has 24 nitrogen and oxygen atoms in total. The van der Waals surface area contributed by atoms with Crippen LogP contribution in [0.25, 0.3) is 16.7 Å². The van der Waals surface area contributed by atoms with E-state index >= 15 is 0 Å². The first-order valence-corrected chi connectivity index (χ1v) is 21.3. The summed E-state index contributed by atoms with van der Waals surface area (Å²) in [5, 5.41) is 62.5. The standard InChI is InChI=1S/C36H29N9O15S4/c1-18-12-21-14-27(63-60-58-52)31(32(48)30(21)26(13-18)37-19(2)46)44-43-25-15-23(7-10-28(25)64(53,54)55)39-35-40-34(41-36(42-35)45-11-3-4-20(16-45)33(49)50)38-22-5-8-24(9-6-22)62-56-29(47)17-61-59-57-51/h3-16H,17H2,1-2H3,(H7-,37,38,39,40,41,42,46,48,49,50,51,52,53,54,55)/p+1. The molecule has 8 N–H and O–H groups in total. The van der Waals surface area contributed by atoms with Gasteiger partial charge in [-0.1, -0.05) is 16.1 Å². The fraction of sp³-hybridized carbons (Fsp3) is 0.0833. The van der Waals surface area contributed by atoms with Crippen LogP contribution in [0, 0.1) is 6.92 Å². The second kappa shape index (κ2) is 21.2. The molecule has 28 heteroatoms. The number of aromatic hydroxyl groups is 1. The first-order valence-electron chi connectivity index (χ1n) is 17.5. The van der Waals surface area contributed by atoms with Crippen LogP contribution < -0.4 is 20.5 Å². The molecular weight excluding hydrogens is 927 g/mol. The van der Waals surface area contributed by atoms with Gasteiger partial charge in [-0.3, -0.25) is 14.1 Å². The number of rotatable bonds is 19. The molecule has 0 bridgehead atoms. The number of benzene rings is 4. The predicted molar refractivity (Wildman–Crippen MR) is 226 cm³/mol. The Morgan fingerprint density at radius 2 is 1.58 bits per heavy atom. The first-order chi connectivity index (χ1) is 30.6. The average molecular weight is 957 g/mol. The number of hydrogen-bond acceptors (Lipinski definition) is 23. The lowest BCUT2D eigenvalue weighted by Crippen LogP contribution is -2.34. The lowest BCUT2D eigenvalue weighted by molar-refractivity contribution is -0.603. The molecule has 6 aromatic rings. The highest BCUT2D eigenvalue weighted by molar-refractivity contribution is 7.96. The molecule has 0 aliphatic heterocycles. The Morgan fingerprint density at radius 3 is 2.25 bits per heavy atom. The van der Waals surface area contributed by atoms with Crippen LogP contribution in [0.4, 0.5) is 40.3 Å². The van der Waals surface area contributed by atoms with Gasteiger partial charge in [-0.25, -0.2) is 19.9 Å². The molecule has 0 saturated carbocycles. The molecule has 0 radical (unpaired) electrons. The number of aryl methyl sites for hydroxylation is 1. The topological polar surface area (TPSA) is 336 Å². The van der Waals surface area contributed by atoms with Crippen molar-refractivity contribution in [2.45, 2.75) is 28.5 Å². The van der Waals surface area contributed by atoms with Crippen LogP contribution in [0.2, 0.25) is 0 Å². The van der Waals surface area contributed by atoms with E-state index in [9.17, 15) is 37.6 Å². The molecular formula is C36H30N9O15S4+. The molecule has 0 unspecified atom stereocenters. The third-order valence-electron chi connectivity index (χ3n) is 8.01. The van der Waals surface area contributed by atoms with Gasteiger partial charge in [0.25, 0.3) is 10.1 Å². The predicted octanol–water partition coefficient (Wildman–Crippen LogP) is 7.17. The van der Waals surface area contributed by atoms with Crippen molar-refractivity contribution in [3.05, 3.63) is 96.3 Å². The molecule has 2 aromatic heterocycles. The number of nitrogens with zero attached hydrogens (tertiary/aromatic N) is 6. The van der Waals surface area contributed by atoms with Crippen molar-refractivity contribution in [3.8, 4) is 11.7 Å². The van der Waals surface area contributed by atoms with Crippen molar-refractivity contribution in [1.29, 1.82) is 0 Å². The number of aromatic nitrogens is 4. The summed E-state index contributed by atoms with van der Waals surface area (Å²) >= 11 is 1.68. The number of fused-ring (bicyclic) bond motifs is 1. The Bertz CT molecular complexity index is 2880. The van der Waals surface area contributed by atoms with Crippen molar-refractivity contribution in [3.63, 3.8) is 0 Å². The molecule has 2 heterocycles. The van der Waals surface area contributed by atoms with Gasteiger partial charge in [0.05, 0.1) is 52.6 Å². The summed E-state index contributed by atoms with van der Waals surface area (Å²) in [6.07, 6.45) is 2.74. The van der Waals surface area contributed by atoms with Gasteiger partial charge in [0.1, 0.15) is 22.0 Å². The second-order valence-corrected chi connectivity index (χ2v) is 16.2. The molecule has 0 fully saturated rings. The summed E-state index contributed by atoms with van der Waals surface area (Å²) in [5.74, 6) is -3.46. The van der Waals surface area contributed by atoms with E-state index in [1.54, 1.807) is 43.3 Å². The minimum atomic E-state index is -4.95. The number of carboxylic acid groups (broad SMARTS) is 1. The smallest absolute Gasteiger partial charge is 0.444 e. The number of carbonyl (C=O) groups excluding carboxylic acids is 2. The highest BCUT2D eigenvalue weighted by Crippen LogP contribution is 2.47. The molecule has 0 atom stereocenters. The Morgan fingerprint density at radius 1 is 0.875 bits per heavy atom. The summed E-state index contributed by atoms with van der Waals surface area (Å²) < 4.78 is 50.3. The molecule has 332 valence electrons. The number of anilines is 5. The third-order valence-corrected chi connectivity index (χ3v) is 10.8. The zero-order chi connectivity index (χ0) is 46.0. The maximum absolute atomic E-state index is 12.5. The SMILES string of the molecule is CC(=O)Nc1cc(C)cc2cc(SOOO)c(N=Nc3cc(Nc4nc(Nc5ccc(SOC(=O)CSOOO)cc5)nc(-[n+]5cccc(C(=O)O)c5)n4)ccc3S(=O)(=O)O)c(O)c12. The highest BCUT2D eigenvalue weighted by atomic mass is 32.2. The van der Waals surface area contributed by atoms with Crippen LogP contribution in [0.1, 0.15) is 22.8 Å². The molecule has 64 heavy (non-hydrogen) atoms. The van der Waals surface area contributed by atoms with Gasteiger partial charge >= 0.3 is 29.8 Å². The number of hydrogen-bond donors (Lipinski definition) is 8. The van der Waals surface area contributed by atoms with E-state index < -0.39 is 44.3 Å². The van der Waals surface area contributed by atoms with Crippen molar-refractivity contribution in [1.82, 2.24) is 15.0 Å². The maximum atomic E-state index is 12.5. The summed E-state index contributed by atoms with van der Waals surface area (Å²) in [5.41, 5.74) is 0.554. The van der Waals surface area contributed by atoms with E-state index in [1.165, 1.54) is 48.1 Å². The number of aromatic carboxylic acids is 1. The van der Waals surface area contributed by atoms with Crippen molar-refractivity contribution < 1.29 is 75.6 Å². The van der Waals surface area contributed by atoms with Gasteiger partial charge in [0, 0.05) is 40.6 Å². The number of carboxylic acids is 1. The number of nitrogens with one attached hydrogen (secondary N) is 3. The second-order valence-electron chi connectivity index (χ2n) is 12.6. The quantitative estimate of drug-likeness (QED) is 0.00758. The van der Waals surface area contributed by atoms with Crippen LogP contribution in [-0.4, -0.2) is 72.2 Å². The molecule has 0 spiro atoms. The molecule has 4 aromatic carbocycles. The van der Waals surface area contributed by atoms with E-state index in [1.807, 2.05) is 0 Å². The fourth-order valence-electron chi connectivity index (χ4n) is 5.52. The largest absolute Gasteiger partial charge is 0.505 e. The zero-order valence-electron chi connectivity index (χ0n) is 32.4. The lowest BCUT2D eigenvalue weighted by Gasteiger charge is -2.14. The van der Waals surface area contributed by atoms with Crippen molar-refractivity contribution >= 4 is 115 Å². The first kappa shape index (κ1) is 46.9. The number of amides is 1. The van der Waals surface area contributed by atoms with E-state index in [0.29, 0.717) is 45.6 Å². The summed E-state index contributed by atoms with van der Waals surface area (Å²) in [7, 11) is -4.95. The highest BCUT2D eigenvalue weighted by Gasteiger charge is 2.23. The summed E-state index contributed by atoms with van der Waals surface area (Å²) in [6, 6.07) is 17.4.